The van der Waals surface area contributed by atoms with Crippen LogP contribution in [0, 0.1) is 11.3 Å². The first-order valence-electron chi connectivity index (χ1n) is 3.68. The van der Waals surface area contributed by atoms with Crippen LogP contribution in [0.4, 0.5) is 18.9 Å². The van der Waals surface area contributed by atoms with Crippen LogP contribution in [0.2, 0.25) is 0 Å². The van der Waals surface area contributed by atoms with Crippen molar-refractivity contribution in [1.82, 2.24) is 0 Å². The third-order valence-corrected chi connectivity index (χ3v) is 1.70. The van der Waals surface area contributed by atoms with E-state index in [1.165, 1.54) is 0 Å². The Morgan fingerprint density at radius 2 is 2.00 bits per heavy atom. The maximum atomic E-state index is 12.3. The molecule has 6 heteroatoms. The van der Waals surface area contributed by atoms with E-state index < -0.39 is 11.7 Å². The van der Waals surface area contributed by atoms with Gasteiger partial charge in [0.15, 0.2) is 0 Å². The van der Waals surface area contributed by atoms with E-state index in [4.69, 9.17) is 5.26 Å². The fourth-order valence-corrected chi connectivity index (χ4v) is 1.04. The lowest BCUT2D eigenvalue weighted by atomic mass is 10.1. The van der Waals surface area contributed by atoms with Crippen LogP contribution in [0.5, 0.6) is 0 Å². The van der Waals surface area contributed by atoms with E-state index in [0.717, 1.165) is 18.2 Å². The highest BCUT2D eigenvalue weighted by atomic mass is 32.1. The van der Waals surface area contributed by atoms with Crippen LogP contribution in [0.1, 0.15) is 11.1 Å². The second kappa shape index (κ2) is 4.22. The third kappa shape index (κ3) is 2.62. The van der Waals surface area contributed by atoms with Gasteiger partial charge in [-0.05, 0) is 30.4 Å². The molecule has 0 radical (unpaired) electrons. The van der Waals surface area contributed by atoms with Gasteiger partial charge < -0.3 is 0 Å². The van der Waals surface area contributed by atoms with Crippen LogP contribution < -0.4 is 0 Å². The fourth-order valence-electron chi connectivity index (χ4n) is 0.944. The average Bonchev–Trinajstić information content (AvgIpc) is 2.17. The van der Waals surface area contributed by atoms with Gasteiger partial charge in [0, 0.05) is 0 Å². The Labute approximate surface area is 88.7 Å². The van der Waals surface area contributed by atoms with Gasteiger partial charge >= 0.3 is 6.18 Å². The minimum Gasteiger partial charge on any atom is -0.193 e. The zero-order valence-electron chi connectivity index (χ0n) is 7.17. The van der Waals surface area contributed by atoms with Gasteiger partial charge in [-0.25, -0.2) is 0 Å². The molecule has 0 fully saturated rings. The molecule has 0 N–H and O–H groups in total. The van der Waals surface area contributed by atoms with Gasteiger partial charge in [-0.15, -0.1) is 0 Å². The van der Waals surface area contributed by atoms with Gasteiger partial charge in [-0.3, -0.25) is 0 Å². The first kappa shape index (κ1) is 11.4. The quantitative estimate of drug-likeness (QED) is 0.546. The first-order valence-corrected chi connectivity index (χ1v) is 4.09. The van der Waals surface area contributed by atoms with Gasteiger partial charge in [0.25, 0.3) is 0 Å². The van der Waals surface area contributed by atoms with Crippen molar-refractivity contribution >= 4 is 23.1 Å². The highest BCUT2D eigenvalue weighted by Gasteiger charge is 2.30. The summed E-state index contributed by atoms with van der Waals surface area (Å²) in [6.07, 6.45) is -4.46. The van der Waals surface area contributed by atoms with Gasteiger partial charge in [0.05, 0.1) is 22.0 Å². The molecule has 0 aromatic heterocycles. The van der Waals surface area contributed by atoms with Crippen molar-refractivity contribution in [1.29, 1.82) is 5.26 Å². The zero-order valence-corrected chi connectivity index (χ0v) is 7.99. The normalized spacial score (nSPS) is 10.3. The standard InChI is InChI=1S/C9H3F3N2S/c10-9(11,12)7-2-1-6(4-13)8(3-7)14-5-15/h1-3H. The van der Waals surface area contributed by atoms with Crippen LogP contribution in [-0.2, 0) is 6.18 Å². The number of halogens is 3. The molecular weight excluding hydrogens is 225 g/mol. The fraction of sp³-hybridized carbons (Fsp3) is 0.111. The van der Waals surface area contributed by atoms with Gasteiger partial charge in [0.2, 0.25) is 0 Å². The maximum absolute atomic E-state index is 12.3. The number of nitriles is 1. The van der Waals surface area contributed by atoms with Crippen molar-refractivity contribution in [2.24, 2.45) is 4.99 Å². The summed E-state index contributed by atoms with van der Waals surface area (Å²) in [6, 6.07) is 4.34. The number of aliphatic imine (C=N–C) groups is 1. The largest absolute Gasteiger partial charge is 0.416 e. The summed E-state index contributed by atoms with van der Waals surface area (Å²) in [7, 11) is 0. The number of hydrogen-bond donors (Lipinski definition) is 0. The minimum absolute atomic E-state index is 0.0281. The molecule has 0 bridgehead atoms. The number of benzene rings is 1. The Morgan fingerprint density at radius 1 is 1.33 bits per heavy atom. The lowest BCUT2D eigenvalue weighted by Crippen LogP contribution is -2.04. The molecular formula is C9H3F3N2S. The minimum atomic E-state index is -4.46. The molecule has 0 heterocycles. The van der Waals surface area contributed by atoms with Gasteiger partial charge in [0.1, 0.15) is 6.07 Å². The number of isothiocyanates is 1. The second-order valence-electron chi connectivity index (χ2n) is 2.54. The van der Waals surface area contributed by atoms with E-state index in [1.54, 1.807) is 6.07 Å². The number of nitrogens with zero attached hydrogens (tertiary/aromatic N) is 2. The smallest absolute Gasteiger partial charge is 0.193 e. The summed E-state index contributed by atoms with van der Waals surface area (Å²) < 4.78 is 36.8. The van der Waals surface area contributed by atoms with Crippen molar-refractivity contribution in [3.05, 3.63) is 29.3 Å². The highest BCUT2D eigenvalue weighted by Crippen LogP contribution is 2.32. The van der Waals surface area contributed by atoms with E-state index in [0.29, 0.717) is 0 Å². The van der Waals surface area contributed by atoms with E-state index in [2.05, 4.69) is 17.2 Å². The number of hydrogen-bond acceptors (Lipinski definition) is 3. The third-order valence-electron chi connectivity index (χ3n) is 1.61. The lowest BCUT2D eigenvalue weighted by molar-refractivity contribution is -0.137. The molecule has 0 aliphatic carbocycles. The molecule has 0 unspecified atom stereocenters. The van der Waals surface area contributed by atoms with Crippen molar-refractivity contribution < 1.29 is 13.2 Å². The maximum Gasteiger partial charge on any atom is 0.416 e. The molecule has 1 rings (SSSR count). The van der Waals surface area contributed by atoms with Gasteiger partial charge in [-0.1, -0.05) is 0 Å². The van der Waals surface area contributed by atoms with Crippen LogP contribution in [0.25, 0.3) is 0 Å². The molecule has 0 saturated heterocycles. The first-order chi connectivity index (χ1) is 6.99. The van der Waals surface area contributed by atoms with Crippen LogP contribution in [-0.4, -0.2) is 5.16 Å². The summed E-state index contributed by atoms with van der Waals surface area (Å²) in [5, 5.41) is 10.5. The summed E-state index contributed by atoms with van der Waals surface area (Å²) in [5.74, 6) is 0. The molecule has 0 saturated carbocycles. The molecule has 0 atom stereocenters. The highest BCUT2D eigenvalue weighted by molar-refractivity contribution is 7.78. The Morgan fingerprint density at radius 3 is 2.47 bits per heavy atom. The zero-order chi connectivity index (χ0) is 11.5. The second-order valence-corrected chi connectivity index (χ2v) is 2.73. The Hall–Kier alpha value is -1.70. The molecule has 15 heavy (non-hydrogen) atoms. The average molecular weight is 228 g/mol. The number of alkyl halides is 3. The lowest BCUT2D eigenvalue weighted by Gasteiger charge is -2.06. The van der Waals surface area contributed by atoms with E-state index >= 15 is 0 Å². The monoisotopic (exact) mass is 228 g/mol. The molecule has 76 valence electrons. The Balaban J connectivity index is 3.36. The molecule has 0 amide bonds. The summed E-state index contributed by atoms with van der Waals surface area (Å²) in [4.78, 5) is 3.39. The van der Waals surface area contributed by atoms with E-state index in [1.807, 2.05) is 5.16 Å². The Kier molecular flexibility index (Phi) is 3.20. The van der Waals surface area contributed by atoms with E-state index in [-0.39, 0.29) is 11.3 Å². The van der Waals surface area contributed by atoms with Crippen molar-refractivity contribution in [2.45, 2.75) is 6.18 Å². The molecule has 1 aromatic carbocycles. The predicted octanol–water partition coefficient (Wildman–Crippen LogP) is 3.31. The van der Waals surface area contributed by atoms with Crippen molar-refractivity contribution in [3.8, 4) is 6.07 Å². The SMILES string of the molecule is N#Cc1ccc(C(F)(F)F)cc1N=C=S. The Bertz CT molecular complexity index is 467. The van der Waals surface area contributed by atoms with E-state index in [9.17, 15) is 13.2 Å². The van der Waals surface area contributed by atoms with Crippen LogP contribution in [0.3, 0.4) is 0 Å². The van der Waals surface area contributed by atoms with Crippen LogP contribution >= 0.6 is 12.2 Å². The molecule has 0 aliphatic heterocycles. The molecule has 2 nitrogen and oxygen atoms in total. The summed E-state index contributed by atoms with van der Waals surface area (Å²) >= 11 is 4.27. The predicted molar refractivity (Wildman–Crippen MR) is 50.8 cm³/mol. The molecule has 0 aliphatic rings. The topological polar surface area (TPSA) is 36.1 Å². The number of rotatable bonds is 1. The van der Waals surface area contributed by atoms with Crippen molar-refractivity contribution in [2.75, 3.05) is 0 Å². The summed E-state index contributed by atoms with van der Waals surface area (Å²) in [5.41, 5.74) is -0.965. The van der Waals surface area contributed by atoms with Crippen molar-refractivity contribution in [3.63, 3.8) is 0 Å². The number of thiocarbonyl (C=S) groups is 1. The molecule has 1 aromatic rings. The van der Waals surface area contributed by atoms with Crippen LogP contribution in [0.15, 0.2) is 23.2 Å². The summed E-state index contributed by atoms with van der Waals surface area (Å²) in [6.45, 7) is 0. The van der Waals surface area contributed by atoms with Gasteiger partial charge in [-0.2, -0.15) is 23.4 Å². The molecule has 0 spiro atoms.